The van der Waals surface area contributed by atoms with Crippen LogP contribution < -0.4 is 20.3 Å². The van der Waals surface area contributed by atoms with E-state index >= 15 is 0 Å². The number of allylic oxidation sites excluding steroid dienone is 2. The van der Waals surface area contributed by atoms with E-state index in [1.807, 2.05) is 12.1 Å². The fraction of sp³-hybridized carbons (Fsp3) is 0.303. The number of carbonyl (C=O) groups is 3. The summed E-state index contributed by atoms with van der Waals surface area (Å²) in [6.45, 7) is -0.385. The van der Waals surface area contributed by atoms with E-state index in [1.54, 1.807) is 24.3 Å². The number of nitrogens with one attached hydrogen (secondary N) is 2. The summed E-state index contributed by atoms with van der Waals surface area (Å²) in [5.41, 5.74) is 3.38. The van der Waals surface area contributed by atoms with Gasteiger partial charge in [0, 0.05) is 23.2 Å². The lowest BCUT2D eigenvalue weighted by Gasteiger charge is -2.24. The van der Waals surface area contributed by atoms with Crippen LogP contribution in [0.5, 0.6) is 5.75 Å². The van der Waals surface area contributed by atoms with E-state index in [0.29, 0.717) is 11.3 Å². The van der Waals surface area contributed by atoms with Crippen molar-refractivity contribution in [1.29, 1.82) is 0 Å². The molecule has 0 fully saturated rings. The number of nitrogens with zero attached hydrogens (tertiary/aromatic N) is 1. The van der Waals surface area contributed by atoms with Crippen LogP contribution in [-0.2, 0) is 25.9 Å². The van der Waals surface area contributed by atoms with Crippen molar-refractivity contribution in [2.45, 2.75) is 49.6 Å². The second-order valence-corrected chi connectivity index (χ2v) is 12.9. The molecule has 1 aliphatic rings. The summed E-state index contributed by atoms with van der Waals surface area (Å²) >= 11 is 0. The maximum Gasteiger partial charge on any atom is 0.573 e. The maximum absolute atomic E-state index is 13.7. The quantitative estimate of drug-likeness (QED) is 0.225. The minimum absolute atomic E-state index is 0.0228. The Morgan fingerprint density at radius 3 is 2.27 bits per heavy atom. The number of sulfone groups is 1. The predicted molar refractivity (Wildman–Crippen MR) is 171 cm³/mol. The van der Waals surface area contributed by atoms with Crippen LogP contribution in [0.3, 0.4) is 0 Å². The molecule has 0 spiro atoms. The van der Waals surface area contributed by atoms with Crippen LogP contribution in [0, 0.1) is 0 Å². The Balaban J connectivity index is 1.59. The highest BCUT2D eigenvalue weighted by Crippen LogP contribution is 2.33. The van der Waals surface area contributed by atoms with Gasteiger partial charge in [0.2, 0.25) is 0 Å². The highest BCUT2D eigenvalue weighted by molar-refractivity contribution is 7.90. The first-order valence-corrected chi connectivity index (χ1v) is 16.6. The standard InChI is InChI=1S/C33H34F3N3O8S/c1-46-31(42)27(40)19-37-30(41)24-10-8-21(9-11-24)20-39(26-15-12-23(13-16-26)22-6-4-3-5-7-22)32(43)38-25-14-17-28(47-33(34,35)36)29(18-25)48(2,44)45/h6,8-18,27,40H,3-5,7,19-20H2,1-2H3,(H,37,41)(H,38,43). The molecule has 3 aromatic rings. The second kappa shape index (κ2) is 15.3. The van der Waals surface area contributed by atoms with E-state index in [0.717, 1.165) is 62.8 Å². The van der Waals surface area contributed by atoms with Crippen LogP contribution >= 0.6 is 0 Å². The van der Waals surface area contributed by atoms with Crippen molar-refractivity contribution in [2.24, 2.45) is 0 Å². The highest BCUT2D eigenvalue weighted by atomic mass is 32.2. The third-order valence-corrected chi connectivity index (χ3v) is 8.51. The van der Waals surface area contributed by atoms with Crippen molar-refractivity contribution < 1.29 is 50.6 Å². The van der Waals surface area contributed by atoms with Crippen LogP contribution in [0.15, 0.2) is 77.7 Å². The maximum atomic E-state index is 13.7. The van der Waals surface area contributed by atoms with Crippen molar-refractivity contribution in [1.82, 2.24) is 5.32 Å². The minimum Gasteiger partial charge on any atom is -0.467 e. The Hall–Kier alpha value is -4.89. The summed E-state index contributed by atoms with van der Waals surface area (Å²) < 4.78 is 71.6. The lowest BCUT2D eigenvalue weighted by Crippen LogP contribution is -2.37. The van der Waals surface area contributed by atoms with Crippen molar-refractivity contribution >= 4 is 44.7 Å². The highest BCUT2D eigenvalue weighted by Gasteiger charge is 2.33. The van der Waals surface area contributed by atoms with E-state index in [1.165, 1.54) is 22.6 Å². The molecule has 15 heteroatoms. The zero-order chi connectivity index (χ0) is 35.1. The van der Waals surface area contributed by atoms with E-state index in [2.05, 4.69) is 26.2 Å². The third-order valence-electron chi connectivity index (χ3n) is 7.39. The second-order valence-electron chi connectivity index (χ2n) is 11.0. The van der Waals surface area contributed by atoms with Gasteiger partial charge in [-0.2, -0.15) is 0 Å². The number of amides is 3. The van der Waals surface area contributed by atoms with Crippen molar-refractivity contribution in [2.75, 3.05) is 30.1 Å². The first-order valence-electron chi connectivity index (χ1n) is 14.8. The van der Waals surface area contributed by atoms with E-state index in [4.69, 9.17) is 0 Å². The zero-order valence-electron chi connectivity index (χ0n) is 26.0. The lowest BCUT2D eigenvalue weighted by molar-refractivity contribution is -0.275. The average molecular weight is 690 g/mol. The molecule has 11 nitrogen and oxygen atoms in total. The van der Waals surface area contributed by atoms with Gasteiger partial charge in [0.15, 0.2) is 15.9 Å². The first kappa shape index (κ1) is 36.0. The van der Waals surface area contributed by atoms with Crippen molar-refractivity contribution in [3.63, 3.8) is 0 Å². The molecule has 3 N–H and O–H groups in total. The summed E-state index contributed by atoms with van der Waals surface area (Å²) in [5, 5.41) is 14.7. The minimum atomic E-state index is -5.14. The normalized spacial score (nSPS) is 13.9. The van der Waals surface area contributed by atoms with Gasteiger partial charge in [0.1, 0.15) is 10.6 Å². The summed E-state index contributed by atoms with van der Waals surface area (Å²) in [6, 6.07) is 15.5. The van der Waals surface area contributed by atoms with Gasteiger partial charge < -0.3 is 25.2 Å². The Morgan fingerprint density at radius 1 is 1.00 bits per heavy atom. The SMILES string of the molecule is COC(=O)C(O)CNC(=O)c1ccc(CN(C(=O)Nc2ccc(OC(F)(F)F)c(S(C)(=O)=O)c2)c2ccc(C3=CCCCC3)cc2)cc1. The molecule has 3 aromatic carbocycles. The third kappa shape index (κ3) is 9.81. The molecule has 1 unspecified atom stereocenters. The summed E-state index contributed by atoms with van der Waals surface area (Å²) in [4.78, 5) is 38.2. The molecule has 48 heavy (non-hydrogen) atoms. The molecule has 0 saturated carbocycles. The number of hydrogen-bond donors (Lipinski definition) is 3. The van der Waals surface area contributed by atoms with Gasteiger partial charge in [-0.1, -0.05) is 30.3 Å². The molecule has 1 aliphatic carbocycles. The molecule has 0 aliphatic heterocycles. The van der Waals surface area contributed by atoms with E-state index in [9.17, 15) is 41.1 Å². The number of methoxy groups -OCH3 is 1. The van der Waals surface area contributed by atoms with Gasteiger partial charge in [0.05, 0.1) is 20.2 Å². The molecule has 0 radical (unpaired) electrons. The van der Waals surface area contributed by atoms with Crippen LogP contribution in [0.1, 0.15) is 47.2 Å². The Morgan fingerprint density at radius 2 is 1.69 bits per heavy atom. The van der Waals surface area contributed by atoms with Crippen LogP contribution in [0.2, 0.25) is 0 Å². The first-order chi connectivity index (χ1) is 22.6. The zero-order valence-corrected chi connectivity index (χ0v) is 26.9. The fourth-order valence-corrected chi connectivity index (χ4v) is 5.78. The number of aliphatic hydroxyl groups excluding tert-OH is 1. The number of urea groups is 1. The molecular weight excluding hydrogens is 655 g/mol. The molecule has 0 saturated heterocycles. The fourth-order valence-electron chi connectivity index (χ4n) is 4.97. The van der Waals surface area contributed by atoms with Crippen molar-refractivity contribution in [3.05, 3.63) is 89.5 Å². The molecule has 0 heterocycles. The Bertz CT molecular complexity index is 1780. The van der Waals surface area contributed by atoms with Gasteiger partial charge >= 0.3 is 18.4 Å². The Kier molecular flexibility index (Phi) is 11.5. The number of hydrogen-bond acceptors (Lipinski definition) is 8. The largest absolute Gasteiger partial charge is 0.573 e. The van der Waals surface area contributed by atoms with E-state index < -0.39 is 50.9 Å². The molecule has 256 valence electrons. The van der Waals surface area contributed by atoms with Crippen LogP contribution in [-0.4, -0.2) is 63.8 Å². The number of halogens is 3. The molecule has 3 amide bonds. The van der Waals surface area contributed by atoms with E-state index in [-0.39, 0.29) is 24.3 Å². The molecule has 1 atom stereocenters. The Labute approximate surface area is 275 Å². The number of benzene rings is 3. The lowest BCUT2D eigenvalue weighted by atomic mass is 9.93. The number of alkyl halides is 3. The predicted octanol–water partition coefficient (Wildman–Crippen LogP) is 5.45. The van der Waals surface area contributed by atoms with Gasteiger partial charge in [0.25, 0.3) is 5.91 Å². The van der Waals surface area contributed by atoms with Gasteiger partial charge in [-0.05, 0) is 84.8 Å². The summed E-state index contributed by atoms with van der Waals surface area (Å²) in [5.74, 6) is -2.40. The molecular formula is C33H34F3N3O8S. The number of esters is 1. The van der Waals surface area contributed by atoms with Gasteiger partial charge in [-0.3, -0.25) is 9.69 Å². The van der Waals surface area contributed by atoms with Crippen molar-refractivity contribution in [3.8, 4) is 5.75 Å². The monoisotopic (exact) mass is 689 g/mol. The van der Waals surface area contributed by atoms with Gasteiger partial charge in [-0.25, -0.2) is 18.0 Å². The number of rotatable bonds is 11. The number of ether oxygens (including phenoxy) is 2. The summed E-state index contributed by atoms with van der Waals surface area (Å²) in [7, 11) is -3.09. The van der Waals surface area contributed by atoms with Crippen LogP contribution in [0.25, 0.3) is 5.57 Å². The number of carbonyl (C=O) groups excluding carboxylic acids is 3. The van der Waals surface area contributed by atoms with Gasteiger partial charge in [-0.15, -0.1) is 13.2 Å². The average Bonchev–Trinajstić information content (AvgIpc) is 3.05. The molecule has 4 rings (SSSR count). The topological polar surface area (TPSA) is 151 Å². The number of aliphatic hydroxyl groups is 1. The summed E-state index contributed by atoms with van der Waals surface area (Å²) in [6.07, 6.45) is 0.338. The number of anilines is 2. The smallest absolute Gasteiger partial charge is 0.467 e. The molecule has 0 aromatic heterocycles. The van der Waals surface area contributed by atoms with Crippen LogP contribution in [0.4, 0.5) is 29.3 Å². The molecule has 0 bridgehead atoms.